The second kappa shape index (κ2) is 8.25. The Bertz CT molecular complexity index is 33.5. The SMILES string of the molecule is CCCCCC[O][Tb]. The van der Waals surface area contributed by atoms with Crippen molar-refractivity contribution >= 4 is 0 Å². The van der Waals surface area contributed by atoms with Crippen LogP contribution in [0.25, 0.3) is 0 Å². The van der Waals surface area contributed by atoms with Gasteiger partial charge in [0.1, 0.15) is 0 Å². The Morgan fingerprint density at radius 3 is 2.50 bits per heavy atom. The fraction of sp³-hybridized carbons (Fsp3) is 1.00. The molecule has 2 heteroatoms. The van der Waals surface area contributed by atoms with Gasteiger partial charge >= 0.3 is 77.8 Å². The third-order valence-electron chi connectivity index (χ3n) is 1.07. The summed E-state index contributed by atoms with van der Waals surface area (Å²) >= 11 is 1.76. The summed E-state index contributed by atoms with van der Waals surface area (Å²) in [6, 6.07) is 0. The Morgan fingerprint density at radius 1 is 1.25 bits per heavy atom. The van der Waals surface area contributed by atoms with Crippen LogP contribution in [0.15, 0.2) is 0 Å². The van der Waals surface area contributed by atoms with Gasteiger partial charge in [-0.25, -0.2) is 0 Å². The molecule has 0 aliphatic rings. The standard InChI is InChI=1S/C6H13O.Tb/c1-2-3-4-5-6-7;/h2-6H2,1H3;/q-1;+1. The van der Waals surface area contributed by atoms with E-state index in [0.29, 0.717) is 0 Å². The van der Waals surface area contributed by atoms with Gasteiger partial charge < -0.3 is 0 Å². The van der Waals surface area contributed by atoms with Crippen LogP contribution in [-0.2, 0) is 1.34 Å². The van der Waals surface area contributed by atoms with Crippen molar-refractivity contribution in [3.8, 4) is 0 Å². The topological polar surface area (TPSA) is 9.23 Å². The molecule has 0 amide bonds. The Labute approximate surface area is 77.1 Å². The van der Waals surface area contributed by atoms with Crippen LogP contribution < -0.4 is 0 Å². The van der Waals surface area contributed by atoms with Crippen LogP contribution in [0.3, 0.4) is 0 Å². The average molecular weight is 260 g/mol. The predicted octanol–water partition coefficient (Wildman–Crippen LogP) is 2.05. The molecule has 0 bridgehead atoms. The fourth-order valence-corrected chi connectivity index (χ4v) is 0.886. The summed E-state index contributed by atoms with van der Waals surface area (Å²) in [6.07, 6.45) is 5.21. The molecule has 52 valence electrons. The number of hydrogen-bond donors (Lipinski definition) is 0. The zero-order chi connectivity index (χ0) is 6.24. The first-order chi connectivity index (χ1) is 3.91. The van der Waals surface area contributed by atoms with E-state index < -0.39 is 0 Å². The van der Waals surface area contributed by atoms with Gasteiger partial charge in [-0.15, -0.1) is 0 Å². The number of hydrogen-bond acceptors (Lipinski definition) is 1. The monoisotopic (exact) mass is 260 g/mol. The van der Waals surface area contributed by atoms with E-state index in [1.807, 2.05) is 0 Å². The van der Waals surface area contributed by atoms with Crippen molar-refractivity contribution in [3.05, 3.63) is 0 Å². The molecular weight excluding hydrogens is 247 g/mol. The van der Waals surface area contributed by atoms with Crippen LogP contribution in [0.2, 0.25) is 0 Å². The minimum atomic E-state index is 0.931. The molecule has 0 heterocycles. The van der Waals surface area contributed by atoms with E-state index in [1.165, 1.54) is 25.7 Å². The third-order valence-corrected chi connectivity index (χ3v) is 1.50. The quantitative estimate of drug-likeness (QED) is 0.687. The van der Waals surface area contributed by atoms with E-state index in [2.05, 4.69) is 6.92 Å². The Balaban J connectivity index is 2.53. The van der Waals surface area contributed by atoms with E-state index in [0.717, 1.165) is 6.61 Å². The summed E-state index contributed by atoms with van der Waals surface area (Å²) < 4.78 is 4.89. The Kier molecular flexibility index (Phi) is 9.53. The molecule has 0 radical (unpaired) electrons. The normalized spacial score (nSPS) is 9.88. The van der Waals surface area contributed by atoms with Crippen molar-refractivity contribution in [1.82, 2.24) is 0 Å². The van der Waals surface area contributed by atoms with Gasteiger partial charge in [-0.3, -0.25) is 0 Å². The molecule has 0 aliphatic carbocycles. The molecule has 0 aromatic heterocycles. The van der Waals surface area contributed by atoms with Crippen molar-refractivity contribution in [1.29, 1.82) is 0 Å². The molecule has 8 heavy (non-hydrogen) atoms. The van der Waals surface area contributed by atoms with E-state index in [-0.39, 0.29) is 0 Å². The molecule has 0 saturated carbocycles. The summed E-state index contributed by atoms with van der Waals surface area (Å²) in [5, 5.41) is 0. The molecule has 1 nitrogen and oxygen atoms in total. The van der Waals surface area contributed by atoms with Gasteiger partial charge in [0.2, 0.25) is 0 Å². The van der Waals surface area contributed by atoms with Gasteiger partial charge in [-0.05, 0) is 0 Å². The van der Waals surface area contributed by atoms with Gasteiger partial charge in [0, 0.05) is 0 Å². The summed E-state index contributed by atoms with van der Waals surface area (Å²) in [7, 11) is 0. The first-order valence-electron chi connectivity index (χ1n) is 3.13. The van der Waals surface area contributed by atoms with Gasteiger partial charge in [0.05, 0.1) is 0 Å². The second-order valence-corrected chi connectivity index (χ2v) is 2.48. The van der Waals surface area contributed by atoms with Gasteiger partial charge in [0.25, 0.3) is 0 Å². The molecule has 0 N–H and O–H groups in total. The van der Waals surface area contributed by atoms with Crippen molar-refractivity contribution < 1.29 is 38.5 Å². The van der Waals surface area contributed by atoms with Crippen LogP contribution in [0.1, 0.15) is 32.6 Å². The van der Waals surface area contributed by atoms with Crippen molar-refractivity contribution in [2.75, 3.05) is 6.61 Å². The van der Waals surface area contributed by atoms with E-state index in [4.69, 9.17) is 1.34 Å². The van der Waals surface area contributed by atoms with E-state index >= 15 is 0 Å². The van der Waals surface area contributed by atoms with Gasteiger partial charge in [-0.1, -0.05) is 0 Å². The molecule has 0 atom stereocenters. The maximum atomic E-state index is 4.89. The van der Waals surface area contributed by atoms with Crippen LogP contribution in [0, 0.1) is 37.2 Å². The number of unbranched alkanes of at least 4 members (excludes halogenated alkanes) is 3. The Morgan fingerprint density at radius 2 is 2.00 bits per heavy atom. The molecular formula is C6H13OTb. The molecule has 0 spiro atoms. The van der Waals surface area contributed by atoms with Crippen molar-refractivity contribution in [2.24, 2.45) is 0 Å². The molecule has 0 aliphatic heterocycles. The molecule has 0 unspecified atom stereocenters. The molecule has 0 saturated heterocycles. The van der Waals surface area contributed by atoms with Gasteiger partial charge in [-0.2, -0.15) is 0 Å². The minimum absolute atomic E-state index is 0.931. The summed E-state index contributed by atoms with van der Waals surface area (Å²) in [5.41, 5.74) is 0. The average Bonchev–Trinajstić information content (AvgIpc) is 1.81. The zero-order valence-electron chi connectivity index (χ0n) is 5.28. The van der Waals surface area contributed by atoms with Crippen molar-refractivity contribution in [2.45, 2.75) is 32.6 Å². The van der Waals surface area contributed by atoms with E-state index in [1.54, 1.807) is 37.2 Å². The first kappa shape index (κ1) is 9.25. The maximum absolute atomic E-state index is 4.89. The summed E-state index contributed by atoms with van der Waals surface area (Å²) in [5.74, 6) is 0. The zero-order valence-corrected chi connectivity index (χ0v) is 7.42. The van der Waals surface area contributed by atoms with Crippen LogP contribution in [-0.4, -0.2) is 6.61 Å². The van der Waals surface area contributed by atoms with Crippen LogP contribution in [0.4, 0.5) is 0 Å². The molecule has 0 rings (SSSR count). The molecule has 0 aromatic carbocycles. The van der Waals surface area contributed by atoms with Crippen LogP contribution >= 0.6 is 0 Å². The van der Waals surface area contributed by atoms with Crippen LogP contribution in [0.5, 0.6) is 0 Å². The molecule has 0 aromatic rings. The van der Waals surface area contributed by atoms with Gasteiger partial charge in [0.15, 0.2) is 0 Å². The fourth-order valence-electron chi connectivity index (χ4n) is 0.577. The summed E-state index contributed by atoms with van der Waals surface area (Å²) in [6.45, 7) is 3.15. The second-order valence-electron chi connectivity index (χ2n) is 1.86. The Hall–Kier alpha value is 1.25. The van der Waals surface area contributed by atoms with E-state index in [9.17, 15) is 0 Å². The third kappa shape index (κ3) is 7.25. The van der Waals surface area contributed by atoms with Crippen molar-refractivity contribution in [3.63, 3.8) is 0 Å². The molecule has 0 fully saturated rings. The first-order valence-corrected chi connectivity index (χ1v) is 4.00. The number of rotatable bonds is 5. The predicted molar refractivity (Wildman–Crippen MR) is 30.1 cm³/mol. The summed E-state index contributed by atoms with van der Waals surface area (Å²) in [4.78, 5) is 0.